The molecular formula is C8H13NO. The summed E-state index contributed by atoms with van der Waals surface area (Å²) in [4.78, 5) is 10.7. The van der Waals surface area contributed by atoms with E-state index in [0.29, 0.717) is 6.04 Å². The number of amides is 1. The molecule has 0 heterocycles. The number of nitrogens with one attached hydrogen (secondary N) is 1. The Labute approximate surface area is 61.3 Å². The van der Waals surface area contributed by atoms with E-state index in [-0.39, 0.29) is 5.91 Å². The summed E-state index contributed by atoms with van der Waals surface area (Å²) in [5, 5.41) is 2.83. The molecule has 1 N–H and O–H groups in total. The van der Waals surface area contributed by atoms with Crippen LogP contribution in [0.1, 0.15) is 19.8 Å². The summed E-state index contributed by atoms with van der Waals surface area (Å²) in [6, 6.07) is 0.338. The first kappa shape index (κ1) is 7.32. The van der Waals surface area contributed by atoms with Crippen molar-refractivity contribution in [2.45, 2.75) is 25.8 Å². The van der Waals surface area contributed by atoms with Gasteiger partial charge < -0.3 is 5.32 Å². The van der Waals surface area contributed by atoms with Gasteiger partial charge in [0.1, 0.15) is 0 Å². The quantitative estimate of drug-likeness (QED) is 0.582. The highest BCUT2D eigenvalue weighted by molar-refractivity contribution is 5.87. The van der Waals surface area contributed by atoms with E-state index in [2.05, 4.69) is 11.9 Å². The van der Waals surface area contributed by atoms with Crippen LogP contribution in [0.15, 0.2) is 12.7 Å². The molecule has 0 aromatic rings. The van der Waals surface area contributed by atoms with Crippen molar-refractivity contribution in [1.82, 2.24) is 5.32 Å². The summed E-state index contributed by atoms with van der Waals surface area (Å²) in [7, 11) is 0. The maximum Gasteiger partial charge on any atom is 0.243 e. The van der Waals surface area contributed by atoms with Gasteiger partial charge in [0.2, 0.25) is 5.91 Å². The third-order valence-corrected chi connectivity index (χ3v) is 1.88. The van der Waals surface area contributed by atoms with E-state index in [0.717, 1.165) is 5.92 Å². The molecule has 1 rings (SSSR count). The second-order valence-electron chi connectivity index (χ2n) is 2.84. The van der Waals surface area contributed by atoms with Crippen LogP contribution in [-0.4, -0.2) is 11.9 Å². The second kappa shape index (κ2) is 2.86. The fourth-order valence-electron chi connectivity index (χ4n) is 0.997. The third kappa shape index (κ3) is 1.87. The fourth-order valence-corrected chi connectivity index (χ4v) is 0.997. The zero-order valence-corrected chi connectivity index (χ0v) is 6.26. The molecule has 1 aliphatic carbocycles. The highest BCUT2D eigenvalue weighted by Gasteiger charge is 2.28. The van der Waals surface area contributed by atoms with Crippen LogP contribution in [0.4, 0.5) is 0 Å². The summed E-state index contributed by atoms with van der Waals surface area (Å²) in [6.45, 7) is 5.42. The van der Waals surface area contributed by atoms with Crippen molar-refractivity contribution in [1.29, 1.82) is 0 Å². The maximum absolute atomic E-state index is 10.7. The van der Waals surface area contributed by atoms with Crippen molar-refractivity contribution in [3.05, 3.63) is 12.7 Å². The van der Waals surface area contributed by atoms with Crippen LogP contribution in [0.2, 0.25) is 0 Å². The van der Waals surface area contributed by atoms with Crippen molar-refractivity contribution in [3.63, 3.8) is 0 Å². The molecule has 1 unspecified atom stereocenters. The van der Waals surface area contributed by atoms with Crippen LogP contribution in [0.3, 0.4) is 0 Å². The van der Waals surface area contributed by atoms with E-state index in [9.17, 15) is 4.79 Å². The number of rotatable bonds is 3. The normalized spacial score (nSPS) is 19.7. The van der Waals surface area contributed by atoms with Gasteiger partial charge in [-0.3, -0.25) is 4.79 Å². The van der Waals surface area contributed by atoms with Crippen LogP contribution in [-0.2, 0) is 4.79 Å². The molecule has 0 spiro atoms. The van der Waals surface area contributed by atoms with E-state index < -0.39 is 0 Å². The van der Waals surface area contributed by atoms with Crippen LogP contribution in [0.25, 0.3) is 0 Å². The van der Waals surface area contributed by atoms with Crippen LogP contribution in [0.5, 0.6) is 0 Å². The number of hydrogen-bond donors (Lipinski definition) is 1. The SMILES string of the molecule is C=CC(=O)NC(C)C1CC1. The van der Waals surface area contributed by atoms with Gasteiger partial charge in [-0.25, -0.2) is 0 Å². The van der Waals surface area contributed by atoms with E-state index in [4.69, 9.17) is 0 Å². The number of carbonyl (C=O) groups is 1. The molecule has 0 aromatic carbocycles. The average Bonchev–Trinajstić information content (AvgIpc) is 2.68. The summed E-state index contributed by atoms with van der Waals surface area (Å²) in [5.74, 6) is 0.670. The predicted octanol–water partition coefficient (Wildman–Crippen LogP) is 1.09. The van der Waals surface area contributed by atoms with Gasteiger partial charge in [0.25, 0.3) is 0 Å². The van der Waals surface area contributed by atoms with Gasteiger partial charge in [-0.2, -0.15) is 0 Å². The minimum absolute atomic E-state index is 0.0561. The Kier molecular flexibility index (Phi) is 2.10. The molecule has 1 fully saturated rings. The van der Waals surface area contributed by atoms with Crippen molar-refractivity contribution < 1.29 is 4.79 Å². The molecule has 2 heteroatoms. The lowest BCUT2D eigenvalue weighted by Crippen LogP contribution is -2.32. The lowest BCUT2D eigenvalue weighted by atomic mass is 10.2. The monoisotopic (exact) mass is 139 g/mol. The Balaban J connectivity index is 2.22. The van der Waals surface area contributed by atoms with E-state index in [1.165, 1.54) is 18.9 Å². The van der Waals surface area contributed by atoms with Gasteiger partial charge in [-0.15, -0.1) is 0 Å². The van der Waals surface area contributed by atoms with Gasteiger partial charge in [-0.05, 0) is 31.8 Å². The first-order valence-electron chi connectivity index (χ1n) is 3.67. The molecule has 1 saturated carbocycles. The fraction of sp³-hybridized carbons (Fsp3) is 0.625. The second-order valence-corrected chi connectivity index (χ2v) is 2.84. The minimum atomic E-state index is -0.0561. The van der Waals surface area contributed by atoms with Crippen LogP contribution >= 0.6 is 0 Å². The first-order valence-corrected chi connectivity index (χ1v) is 3.67. The highest BCUT2D eigenvalue weighted by Crippen LogP contribution is 2.32. The van der Waals surface area contributed by atoms with Crippen LogP contribution < -0.4 is 5.32 Å². The molecule has 0 saturated heterocycles. The first-order chi connectivity index (χ1) is 4.74. The van der Waals surface area contributed by atoms with Crippen molar-refractivity contribution in [2.24, 2.45) is 5.92 Å². The molecule has 10 heavy (non-hydrogen) atoms. The van der Waals surface area contributed by atoms with Crippen LogP contribution in [0, 0.1) is 5.92 Å². The van der Waals surface area contributed by atoms with Gasteiger partial charge in [0.15, 0.2) is 0 Å². The summed E-state index contributed by atoms with van der Waals surface area (Å²) < 4.78 is 0. The molecule has 0 radical (unpaired) electrons. The lowest BCUT2D eigenvalue weighted by Gasteiger charge is -2.09. The van der Waals surface area contributed by atoms with Gasteiger partial charge >= 0.3 is 0 Å². The molecule has 1 amide bonds. The Morgan fingerprint density at radius 3 is 2.80 bits per heavy atom. The van der Waals surface area contributed by atoms with Crippen molar-refractivity contribution in [2.75, 3.05) is 0 Å². The van der Waals surface area contributed by atoms with Gasteiger partial charge in [-0.1, -0.05) is 6.58 Å². The molecule has 56 valence electrons. The number of hydrogen-bond acceptors (Lipinski definition) is 1. The van der Waals surface area contributed by atoms with Gasteiger partial charge in [0.05, 0.1) is 0 Å². The average molecular weight is 139 g/mol. The molecule has 0 aliphatic heterocycles. The summed E-state index contributed by atoms with van der Waals surface area (Å²) in [6.07, 6.45) is 3.84. The summed E-state index contributed by atoms with van der Waals surface area (Å²) in [5.41, 5.74) is 0. The standard InChI is InChI=1S/C8H13NO/c1-3-8(10)9-6(2)7-4-5-7/h3,6-7H,1,4-5H2,2H3,(H,9,10). The Bertz CT molecular complexity index is 149. The highest BCUT2D eigenvalue weighted by atomic mass is 16.1. The van der Waals surface area contributed by atoms with E-state index >= 15 is 0 Å². The summed E-state index contributed by atoms with van der Waals surface area (Å²) >= 11 is 0. The van der Waals surface area contributed by atoms with E-state index in [1.807, 2.05) is 6.92 Å². The molecular weight excluding hydrogens is 126 g/mol. The maximum atomic E-state index is 10.7. The van der Waals surface area contributed by atoms with Crippen molar-refractivity contribution in [3.8, 4) is 0 Å². The Morgan fingerprint density at radius 2 is 2.40 bits per heavy atom. The zero-order chi connectivity index (χ0) is 7.56. The zero-order valence-electron chi connectivity index (χ0n) is 6.26. The Morgan fingerprint density at radius 1 is 1.80 bits per heavy atom. The van der Waals surface area contributed by atoms with Gasteiger partial charge in [0, 0.05) is 6.04 Å². The molecule has 2 nitrogen and oxygen atoms in total. The molecule has 0 aromatic heterocycles. The minimum Gasteiger partial charge on any atom is -0.350 e. The number of carbonyl (C=O) groups excluding carboxylic acids is 1. The largest absolute Gasteiger partial charge is 0.350 e. The van der Waals surface area contributed by atoms with Crippen molar-refractivity contribution >= 4 is 5.91 Å². The lowest BCUT2D eigenvalue weighted by molar-refractivity contribution is -0.117. The molecule has 0 bridgehead atoms. The third-order valence-electron chi connectivity index (χ3n) is 1.88. The molecule has 1 aliphatic rings. The van der Waals surface area contributed by atoms with E-state index in [1.54, 1.807) is 0 Å². The predicted molar refractivity (Wildman–Crippen MR) is 40.5 cm³/mol. The topological polar surface area (TPSA) is 29.1 Å². The molecule has 1 atom stereocenters. The smallest absolute Gasteiger partial charge is 0.243 e. The Hall–Kier alpha value is -0.790.